The second kappa shape index (κ2) is 13.6. The van der Waals surface area contributed by atoms with Gasteiger partial charge in [-0.25, -0.2) is 4.79 Å². The van der Waals surface area contributed by atoms with Crippen LogP contribution >= 0.6 is 11.9 Å². The minimum Gasteiger partial charge on any atom is -0.449 e. The molecule has 0 aliphatic heterocycles. The van der Waals surface area contributed by atoms with Gasteiger partial charge in [0, 0.05) is 4.90 Å². The molecule has 1 amide bonds. The van der Waals surface area contributed by atoms with Crippen LogP contribution < -0.4 is 4.72 Å². The van der Waals surface area contributed by atoms with Crippen LogP contribution in [0.1, 0.15) is 91.9 Å². The lowest BCUT2D eigenvalue weighted by Crippen LogP contribution is -2.62. The Labute approximate surface area is 275 Å². The van der Waals surface area contributed by atoms with Crippen LogP contribution in [0.15, 0.2) is 59.5 Å². The van der Waals surface area contributed by atoms with Crippen LogP contribution in [0.5, 0.6) is 0 Å². The summed E-state index contributed by atoms with van der Waals surface area (Å²) in [5.41, 5.74) is 2.84. The number of carbonyl (C=O) groups is 1. The molecule has 45 heavy (non-hydrogen) atoms. The van der Waals surface area contributed by atoms with Crippen molar-refractivity contribution in [2.24, 2.45) is 52.3 Å². The van der Waals surface area contributed by atoms with Crippen molar-refractivity contribution in [1.29, 1.82) is 0 Å². The van der Waals surface area contributed by atoms with Crippen molar-refractivity contribution in [3.05, 3.63) is 54.6 Å². The zero-order valence-corrected chi connectivity index (χ0v) is 28.6. The van der Waals surface area contributed by atoms with Gasteiger partial charge in [-0.2, -0.15) is 0 Å². The van der Waals surface area contributed by atoms with Gasteiger partial charge in [0.05, 0.1) is 18.8 Å². The predicted molar refractivity (Wildman–Crippen MR) is 182 cm³/mol. The van der Waals surface area contributed by atoms with Crippen LogP contribution in [0.2, 0.25) is 0 Å². The maximum Gasteiger partial charge on any atom is 0.417 e. The summed E-state index contributed by atoms with van der Waals surface area (Å²) < 4.78 is 8.38. The van der Waals surface area contributed by atoms with Crippen molar-refractivity contribution in [2.45, 2.75) is 109 Å². The highest BCUT2D eigenvalue weighted by Gasteiger charge is 2.64. The number of aliphatic hydroxyl groups excluding tert-OH is 2. The van der Waals surface area contributed by atoms with Crippen LogP contribution in [-0.2, 0) is 4.74 Å². The van der Waals surface area contributed by atoms with Crippen molar-refractivity contribution in [2.75, 3.05) is 6.61 Å². The predicted octanol–water partition coefficient (Wildman–Crippen LogP) is 9.13. The van der Waals surface area contributed by atoms with E-state index in [1.165, 1.54) is 43.2 Å². The van der Waals surface area contributed by atoms with Gasteiger partial charge in [0.2, 0.25) is 0 Å². The molecule has 4 aliphatic carbocycles. The lowest BCUT2D eigenvalue weighted by Gasteiger charge is -2.64. The van der Waals surface area contributed by atoms with Crippen molar-refractivity contribution in [3.63, 3.8) is 0 Å². The second-order valence-electron chi connectivity index (χ2n) is 15.5. The summed E-state index contributed by atoms with van der Waals surface area (Å²) in [6, 6.07) is 18.5. The lowest BCUT2D eigenvalue weighted by atomic mass is 9.41. The first kappa shape index (κ1) is 32.9. The topological polar surface area (TPSA) is 78.8 Å². The normalized spacial score (nSPS) is 38.0. The highest BCUT2D eigenvalue weighted by Crippen LogP contribution is 2.69. The lowest BCUT2D eigenvalue weighted by molar-refractivity contribution is -0.203. The SMILES string of the molecule is CC[C@@H]1C2C[C@H](O)CC[C@@]2(C)[C@H]2CCC3(C)[C@@H]([C@H](C)CCCOC(=O)NSc4ccc(-c5ccccc5)cc4)CC[C@H]3C2[C@@H]1O. The molecule has 0 spiro atoms. The number of rotatable bonds is 9. The number of hydrogen-bond acceptors (Lipinski definition) is 5. The van der Waals surface area contributed by atoms with E-state index < -0.39 is 0 Å². The van der Waals surface area contributed by atoms with E-state index in [0.717, 1.165) is 49.0 Å². The molecule has 0 aromatic heterocycles. The number of fused-ring (bicyclic) bond motifs is 5. The molecule has 2 aromatic carbocycles. The van der Waals surface area contributed by atoms with Gasteiger partial charge in [0.1, 0.15) is 0 Å². The van der Waals surface area contributed by atoms with Gasteiger partial charge in [0.15, 0.2) is 0 Å². The quantitative estimate of drug-likeness (QED) is 0.190. The van der Waals surface area contributed by atoms with Gasteiger partial charge < -0.3 is 14.9 Å². The fraction of sp³-hybridized carbons (Fsp3) is 0.667. The summed E-state index contributed by atoms with van der Waals surface area (Å²) >= 11 is 1.29. The molecule has 0 bridgehead atoms. The molecule has 3 N–H and O–H groups in total. The molecule has 3 unspecified atom stereocenters. The number of hydrogen-bond donors (Lipinski definition) is 3. The second-order valence-corrected chi connectivity index (χ2v) is 16.4. The molecule has 0 radical (unpaired) electrons. The molecular weight excluding hydrogens is 578 g/mol. The van der Waals surface area contributed by atoms with Gasteiger partial charge >= 0.3 is 6.09 Å². The number of nitrogens with one attached hydrogen (secondary N) is 1. The van der Waals surface area contributed by atoms with E-state index >= 15 is 0 Å². The Hall–Kier alpha value is -2.02. The van der Waals surface area contributed by atoms with E-state index in [4.69, 9.17) is 4.74 Å². The summed E-state index contributed by atoms with van der Waals surface area (Å²) in [6.45, 7) is 10.2. The van der Waals surface area contributed by atoms with Crippen molar-refractivity contribution >= 4 is 18.0 Å². The number of aliphatic hydroxyl groups is 2. The minimum absolute atomic E-state index is 0.196. The minimum atomic E-state index is -0.384. The molecule has 6 rings (SSSR count). The zero-order valence-electron chi connectivity index (χ0n) is 27.8. The van der Waals surface area contributed by atoms with E-state index in [0.29, 0.717) is 48.0 Å². The van der Waals surface area contributed by atoms with Crippen molar-refractivity contribution in [3.8, 4) is 11.1 Å². The van der Waals surface area contributed by atoms with E-state index in [1.54, 1.807) is 0 Å². The Morgan fingerprint density at radius 1 is 0.933 bits per heavy atom. The van der Waals surface area contributed by atoms with Crippen LogP contribution in [0, 0.1) is 52.3 Å². The van der Waals surface area contributed by atoms with Crippen molar-refractivity contribution in [1.82, 2.24) is 4.72 Å². The standard InChI is InChI=1S/C39H55NO4S/c1-5-30-34-24-28(41)19-21-39(34,4)33-20-22-38(3)31(17-18-32(38)35(33)36(30)42)25(2)10-9-23-44-37(43)40-45-29-15-13-27(14-16-29)26-11-7-6-8-12-26/h6-8,11-16,25,28,30-36,41-42H,5,9-10,17-24H2,1-4H3,(H,40,43)/t25-,28-,30-,31-,32+,33+,34?,35?,36-,38?,39+/m1/s1. The summed E-state index contributed by atoms with van der Waals surface area (Å²) in [6.07, 6.45) is 9.96. The van der Waals surface area contributed by atoms with E-state index in [-0.39, 0.29) is 29.1 Å². The smallest absolute Gasteiger partial charge is 0.417 e. The van der Waals surface area contributed by atoms with E-state index in [9.17, 15) is 15.0 Å². The Kier molecular flexibility index (Phi) is 9.95. The molecule has 6 heteroatoms. The molecule has 4 fully saturated rings. The zero-order chi connectivity index (χ0) is 31.8. The van der Waals surface area contributed by atoms with E-state index in [1.807, 2.05) is 30.3 Å². The first-order valence-corrected chi connectivity index (χ1v) is 18.6. The largest absolute Gasteiger partial charge is 0.449 e. The first-order valence-electron chi connectivity index (χ1n) is 17.8. The van der Waals surface area contributed by atoms with Crippen LogP contribution in [-0.4, -0.2) is 35.1 Å². The third-order valence-corrected chi connectivity index (χ3v) is 14.2. The highest BCUT2D eigenvalue weighted by molar-refractivity contribution is 7.98. The Morgan fingerprint density at radius 3 is 2.36 bits per heavy atom. The number of carbonyl (C=O) groups excluding carboxylic acids is 1. The summed E-state index contributed by atoms with van der Waals surface area (Å²) in [5, 5.41) is 22.5. The number of ether oxygens (including phenoxy) is 1. The molecule has 4 saturated carbocycles. The summed E-state index contributed by atoms with van der Waals surface area (Å²) in [4.78, 5) is 13.4. The number of benzene rings is 2. The van der Waals surface area contributed by atoms with E-state index in [2.05, 4.69) is 56.7 Å². The summed E-state index contributed by atoms with van der Waals surface area (Å²) in [5.74, 6) is 3.51. The molecule has 4 aliphatic rings. The summed E-state index contributed by atoms with van der Waals surface area (Å²) in [7, 11) is 0. The highest BCUT2D eigenvalue weighted by atomic mass is 32.2. The number of amides is 1. The van der Waals surface area contributed by atoms with Crippen LogP contribution in [0.3, 0.4) is 0 Å². The Morgan fingerprint density at radius 2 is 1.62 bits per heavy atom. The van der Waals surface area contributed by atoms with Gasteiger partial charge in [-0.3, -0.25) is 4.72 Å². The molecular formula is C39H55NO4S. The molecule has 5 nitrogen and oxygen atoms in total. The average Bonchev–Trinajstić information content (AvgIpc) is 3.41. The monoisotopic (exact) mass is 633 g/mol. The van der Waals surface area contributed by atoms with Gasteiger partial charge in [-0.15, -0.1) is 0 Å². The van der Waals surface area contributed by atoms with Crippen LogP contribution in [0.4, 0.5) is 4.79 Å². The fourth-order valence-electron chi connectivity index (χ4n) is 11.2. The van der Waals surface area contributed by atoms with Gasteiger partial charge in [0.25, 0.3) is 0 Å². The first-order chi connectivity index (χ1) is 21.7. The molecule has 0 heterocycles. The molecule has 246 valence electrons. The fourth-order valence-corrected chi connectivity index (χ4v) is 11.7. The third-order valence-electron chi connectivity index (χ3n) is 13.4. The van der Waals surface area contributed by atoms with Crippen LogP contribution in [0.25, 0.3) is 11.1 Å². The molecule has 11 atom stereocenters. The average molecular weight is 634 g/mol. The Bertz CT molecular complexity index is 1290. The van der Waals surface area contributed by atoms with Gasteiger partial charge in [-0.1, -0.05) is 76.6 Å². The molecule has 0 saturated heterocycles. The van der Waals surface area contributed by atoms with Crippen molar-refractivity contribution < 1.29 is 19.7 Å². The molecule has 2 aromatic rings. The third kappa shape index (κ3) is 6.33. The Balaban J connectivity index is 0.986. The maximum absolute atomic E-state index is 12.4. The maximum atomic E-state index is 12.4. The van der Waals surface area contributed by atoms with Gasteiger partial charge in [-0.05, 0) is 145 Å².